The van der Waals surface area contributed by atoms with E-state index in [4.69, 9.17) is 9.15 Å². The molecule has 1 heterocycles. The third-order valence-corrected chi connectivity index (χ3v) is 5.57. The molecule has 0 saturated carbocycles. The highest BCUT2D eigenvalue weighted by Crippen LogP contribution is 2.25. The topological polar surface area (TPSA) is 73.6 Å². The minimum atomic E-state index is -3.98. The Kier molecular flexibility index (Phi) is 3.99. The maximum Gasteiger partial charge on any atom is 0.355 e. The lowest BCUT2D eigenvalue weighted by Gasteiger charge is -2.06. The number of sulfone groups is 1. The Morgan fingerprint density at radius 2 is 1.74 bits per heavy atom. The molecule has 118 valence electrons. The van der Waals surface area contributed by atoms with Gasteiger partial charge < -0.3 is 9.15 Å². The van der Waals surface area contributed by atoms with Crippen molar-refractivity contribution >= 4 is 36.7 Å². The lowest BCUT2D eigenvalue weighted by atomic mass is 10.2. The van der Waals surface area contributed by atoms with Gasteiger partial charge in [-0.2, -0.15) is 0 Å². The van der Waals surface area contributed by atoms with Gasteiger partial charge in [-0.05, 0) is 48.5 Å². The monoisotopic (exact) mass is 394 g/mol. The van der Waals surface area contributed by atoms with Crippen LogP contribution >= 0.6 is 15.9 Å². The Bertz CT molecular complexity index is 1040. The Balaban J connectivity index is 2.20. The predicted octanol–water partition coefficient (Wildman–Crippen LogP) is 3.40. The molecule has 7 heteroatoms. The van der Waals surface area contributed by atoms with E-state index in [1.165, 1.54) is 37.4 Å². The van der Waals surface area contributed by atoms with E-state index < -0.39 is 20.4 Å². The minimum absolute atomic E-state index is 0.0000492. The maximum absolute atomic E-state index is 12.7. The second-order valence-electron chi connectivity index (χ2n) is 4.76. The molecule has 23 heavy (non-hydrogen) atoms. The molecule has 1 aromatic heterocycles. The van der Waals surface area contributed by atoms with E-state index >= 15 is 0 Å². The van der Waals surface area contributed by atoms with Crippen LogP contribution in [0.3, 0.4) is 0 Å². The summed E-state index contributed by atoms with van der Waals surface area (Å²) >= 11 is 3.30. The number of rotatable bonds is 3. The van der Waals surface area contributed by atoms with Gasteiger partial charge in [0.05, 0.1) is 12.0 Å². The number of halogens is 1. The van der Waals surface area contributed by atoms with Crippen LogP contribution in [0.4, 0.5) is 0 Å². The molecule has 2 aromatic carbocycles. The molecule has 0 unspecified atom stereocenters. The van der Waals surface area contributed by atoms with E-state index in [2.05, 4.69) is 15.9 Å². The average Bonchev–Trinajstić information content (AvgIpc) is 2.54. The highest BCUT2D eigenvalue weighted by atomic mass is 79.9. The summed E-state index contributed by atoms with van der Waals surface area (Å²) in [5, 5.41) is 0.520. The van der Waals surface area contributed by atoms with E-state index in [0.29, 0.717) is 16.7 Å². The number of methoxy groups -OCH3 is 1. The standard InChI is InChI=1S/C16H11BrO5S/c1-21-12-3-5-13(6-4-12)23(19,20)15-9-10-8-11(17)2-7-14(10)22-16(15)18/h2-9H,1H3. The van der Waals surface area contributed by atoms with Crippen LogP contribution in [0.5, 0.6) is 5.75 Å². The van der Waals surface area contributed by atoms with Gasteiger partial charge in [-0.15, -0.1) is 0 Å². The van der Waals surface area contributed by atoms with Crippen molar-refractivity contribution in [1.29, 1.82) is 0 Å². The second-order valence-corrected chi connectivity index (χ2v) is 7.59. The van der Waals surface area contributed by atoms with Gasteiger partial charge in [-0.25, -0.2) is 13.2 Å². The first-order valence-corrected chi connectivity index (χ1v) is 8.82. The Morgan fingerprint density at radius 1 is 1.04 bits per heavy atom. The van der Waals surface area contributed by atoms with Crippen LogP contribution in [-0.4, -0.2) is 15.5 Å². The van der Waals surface area contributed by atoms with Crippen molar-refractivity contribution in [2.45, 2.75) is 9.79 Å². The van der Waals surface area contributed by atoms with Crippen molar-refractivity contribution in [3.8, 4) is 5.75 Å². The summed E-state index contributed by atoms with van der Waals surface area (Å²) in [5.41, 5.74) is -0.567. The normalized spacial score (nSPS) is 11.6. The maximum atomic E-state index is 12.7. The smallest absolute Gasteiger partial charge is 0.355 e. The molecule has 3 aromatic rings. The van der Waals surface area contributed by atoms with Gasteiger partial charge in [0.1, 0.15) is 11.3 Å². The van der Waals surface area contributed by atoms with Gasteiger partial charge in [-0.1, -0.05) is 15.9 Å². The fourth-order valence-corrected chi connectivity index (χ4v) is 3.81. The molecular formula is C16H11BrO5S. The number of hydrogen-bond donors (Lipinski definition) is 0. The summed E-state index contributed by atoms with van der Waals surface area (Å²) < 4.78 is 36.2. The zero-order valence-corrected chi connectivity index (χ0v) is 14.3. The number of fused-ring (bicyclic) bond motifs is 1. The third kappa shape index (κ3) is 2.89. The fraction of sp³-hybridized carbons (Fsp3) is 0.0625. The highest BCUT2D eigenvalue weighted by Gasteiger charge is 2.23. The number of ether oxygens (including phenoxy) is 1. The molecule has 0 N–H and O–H groups in total. The summed E-state index contributed by atoms with van der Waals surface area (Å²) in [6, 6.07) is 12.1. The van der Waals surface area contributed by atoms with Gasteiger partial charge in [0.2, 0.25) is 9.84 Å². The molecule has 0 aliphatic heterocycles. The summed E-state index contributed by atoms with van der Waals surface area (Å²) in [6.45, 7) is 0. The molecule has 3 rings (SSSR count). The third-order valence-electron chi connectivity index (χ3n) is 3.32. The summed E-state index contributed by atoms with van der Waals surface area (Å²) in [7, 11) is -2.49. The van der Waals surface area contributed by atoms with Crippen molar-refractivity contribution in [1.82, 2.24) is 0 Å². The molecule has 0 saturated heterocycles. The summed E-state index contributed by atoms with van der Waals surface area (Å²) in [5.74, 6) is 0.526. The Hall–Kier alpha value is -2.12. The van der Waals surface area contributed by atoms with E-state index in [-0.39, 0.29) is 4.90 Å². The molecule has 0 aliphatic carbocycles. The van der Waals surface area contributed by atoms with Gasteiger partial charge >= 0.3 is 5.63 Å². The first-order chi connectivity index (χ1) is 10.9. The van der Waals surface area contributed by atoms with Gasteiger partial charge in [0.15, 0.2) is 4.90 Å². The lowest BCUT2D eigenvalue weighted by molar-refractivity contribution is 0.414. The van der Waals surface area contributed by atoms with Crippen LogP contribution in [0, 0.1) is 0 Å². The first kappa shape index (κ1) is 15.8. The number of benzene rings is 2. The predicted molar refractivity (Wildman–Crippen MR) is 88.6 cm³/mol. The highest BCUT2D eigenvalue weighted by molar-refractivity contribution is 9.10. The van der Waals surface area contributed by atoms with Crippen molar-refractivity contribution in [3.63, 3.8) is 0 Å². The van der Waals surface area contributed by atoms with E-state index in [9.17, 15) is 13.2 Å². The second kappa shape index (κ2) is 5.82. The molecule has 0 aliphatic rings. The quantitative estimate of drug-likeness (QED) is 0.636. The lowest BCUT2D eigenvalue weighted by Crippen LogP contribution is -2.14. The zero-order chi connectivity index (χ0) is 16.6. The SMILES string of the molecule is COc1ccc(S(=O)(=O)c2cc3cc(Br)ccc3oc2=O)cc1. The van der Waals surface area contributed by atoms with E-state index in [1.807, 2.05) is 0 Å². The largest absolute Gasteiger partial charge is 0.497 e. The fourth-order valence-electron chi connectivity index (χ4n) is 2.14. The Morgan fingerprint density at radius 3 is 2.39 bits per heavy atom. The van der Waals surface area contributed by atoms with Crippen molar-refractivity contribution < 1.29 is 17.6 Å². The molecule has 0 radical (unpaired) electrons. The minimum Gasteiger partial charge on any atom is -0.497 e. The van der Waals surface area contributed by atoms with Crippen LogP contribution in [-0.2, 0) is 9.84 Å². The average molecular weight is 395 g/mol. The van der Waals surface area contributed by atoms with Crippen LogP contribution in [0.15, 0.2) is 72.0 Å². The molecule has 0 atom stereocenters. The van der Waals surface area contributed by atoms with Crippen molar-refractivity contribution in [2.24, 2.45) is 0 Å². The van der Waals surface area contributed by atoms with Crippen LogP contribution < -0.4 is 10.4 Å². The van der Waals surface area contributed by atoms with E-state index in [0.717, 1.165) is 4.47 Å². The molecule has 0 bridgehead atoms. The Labute approximate surface area is 140 Å². The van der Waals surface area contributed by atoms with Crippen LogP contribution in [0.2, 0.25) is 0 Å². The zero-order valence-electron chi connectivity index (χ0n) is 11.9. The van der Waals surface area contributed by atoms with Gasteiger partial charge in [0, 0.05) is 9.86 Å². The van der Waals surface area contributed by atoms with Crippen LogP contribution in [0.1, 0.15) is 0 Å². The van der Waals surface area contributed by atoms with Crippen LogP contribution in [0.25, 0.3) is 11.0 Å². The van der Waals surface area contributed by atoms with E-state index in [1.54, 1.807) is 18.2 Å². The molecular weight excluding hydrogens is 384 g/mol. The van der Waals surface area contributed by atoms with Gasteiger partial charge in [0.25, 0.3) is 0 Å². The van der Waals surface area contributed by atoms with Crippen molar-refractivity contribution in [3.05, 3.63) is 63.4 Å². The van der Waals surface area contributed by atoms with Gasteiger partial charge in [-0.3, -0.25) is 0 Å². The molecule has 5 nitrogen and oxygen atoms in total. The molecule has 0 amide bonds. The number of hydrogen-bond acceptors (Lipinski definition) is 5. The van der Waals surface area contributed by atoms with Crippen molar-refractivity contribution in [2.75, 3.05) is 7.11 Å². The summed E-state index contributed by atoms with van der Waals surface area (Å²) in [4.78, 5) is 11.7. The first-order valence-electron chi connectivity index (χ1n) is 6.54. The molecule has 0 fully saturated rings. The molecule has 0 spiro atoms. The summed E-state index contributed by atoms with van der Waals surface area (Å²) in [6.07, 6.45) is 0.